The first kappa shape index (κ1) is 15.7. The number of hydrogen-bond acceptors (Lipinski definition) is 7. The molecule has 1 saturated heterocycles. The number of anilines is 2. The maximum atomic E-state index is 5.52. The first-order valence-electron chi connectivity index (χ1n) is 7.35. The van der Waals surface area contributed by atoms with Crippen molar-refractivity contribution in [2.45, 2.75) is 30.2 Å². The van der Waals surface area contributed by atoms with E-state index < -0.39 is 0 Å². The van der Waals surface area contributed by atoms with E-state index in [-0.39, 0.29) is 6.10 Å². The fourth-order valence-corrected chi connectivity index (χ4v) is 3.93. The van der Waals surface area contributed by atoms with Crippen LogP contribution in [0.1, 0.15) is 18.9 Å². The SMILES string of the molecule is CCc1ccc(Nc2nnc(SC[C@H]3CCOCO3)s2)cc1. The lowest BCUT2D eigenvalue weighted by atomic mass is 10.1. The molecule has 1 fully saturated rings. The first-order chi connectivity index (χ1) is 10.8. The highest BCUT2D eigenvalue weighted by Crippen LogP contribution is 2.29. The Balaban J connectivity index is 1.51. The Morgan fingerprint density at radius 2 is 2.18 bits per heavy atom. The maximum absolute atomic E-state index is 5.52. The van der Waals surface area contributed by atoms with E-state index in [4.69, 9.17) is 9.47 Å². The minimum Gasteiger partial charge on any atom is -0.355 e. The molecule has 0 spiro atoms. The average Bonchev–Trinajstić information content (AvgIpc) is 3.02. The third kappa shape index (κ3) is 4.42. The minimum absolute atomic E-state index is 0.251. The number of nitrogens with one attached hydrogen (secondary N) is 1. The highest BCUT2D eigenvalue weighted by molar-refractivity contribution is 8.01. The lowest BCUT2D eigenvalue weighted by Gasteiger charge is -2.21. The molecule has 1 aliphatic rings. The highest BCUT2D eigenvalue weighted by atomic mass is 32.2. The number of aromatic nitrogens is 2. The van der Waals surface area contributed by atoms with Gasteiger partial charge in [-0.1, -0.05) is 42.2 Å². The third-order valence-corrected chi connectivity index (χ3v) is 5.49. The molecule has 2 aromatic rings. The van der Waals surface area contributed by atoms with Crippen LogP contribution in [0.2, 0.25) is 0 Å². The van der Waals surface area contributed by atoms with Gasteiger partial charge in [-0.05, 0) is 30.5 Å². The Morgan fingerprint density at radius 3 is 2.91 bits per heavy atom. The van der Waals surface area contributed by atoms with Crippen LogP contribution in [0.15, 0.2) is 28.6 Å². The van der Waals surface area contributed by atoms with Gasteiger partial charge in [0.05, 0.1) is 12.7 Å². The molecule has 7 heteroatoms. The second-order valence-corrected chi connectivity index (χ2v) is 7.21. The molecule has 3 rings (SSSR count). The van der Waals surface area contributed by atoms with Gasteiger partial charge in [0, 0.05) is 11.4 Å². The van der Waals surface area contributed by atoms with Gasteiger partial charge < -0.3 is 14.8 Å². The predicted molar refractivity (Wildman–Crippen MR) is 90.0 cm³/mol. The van der Waals surface area contributed by atoms with Crippen molar-refractivity contribution < 1.29 is 9.47 Å². The molecule has 0 radical (unpaired) electrons. The smallest absolute Gasteiger partial charge is 0.210 e. The van der Waals surface area contributed by atoms with Gasteiger partial charge in [-0.25, -0.2) is 0 Å². The molecule has 1 aromatic carbocycles. The Bertz CT molecular complexity index is 583. The van der Waals surface area contributed by atoms with Crippen LogP contribution in [0, 0.1) is 0 Å². The normalized spacial score (nSPS) is 18.3. The van der Waals surface area contributed by atoms with Crippen LogP contribution < -0.4 is 5.32 Å². The van der Waals surface area contributed by atoms with E-state index in [1.165, 1.54) is 5.56 Å². The molecule has 0 unspecified atom stereocenters. The van der Waals surface area contributed by atoms with Gasteiger partial charge >= 0.3 is 0 Å². The molecular weight excluding hydrogens is 318 g/mol. The summed E-state index contributed by atoms with van der Waals surface area (Å²) in [6, 6.07) is 8.40. The maximum Gasteiger partial charge on any atom is 0.210 e. The molecule has 22 heavy (non-hydrogen) atoms. The van der Waals surface area contributed by atoms with Crippen LogP contribution in [-0.4, -0.2) is 35.5 Å². The third-order valence-electron chi connectivity index (χ3n) is 3.38. The monoisotopic (exact) mass is 337 g/mol. The van der Waals surface area contributed by atoms with Crippen molar-refractivity contribution in [1.82, 2.24) is 10.2 Å². The molecule has 5 nitrogen and oxygen atoms in total. The zero-order valence-electron chi connectivity index (χ0n) is 12.4. The summed E-state index contributed by atoms with van der Waals surface area (Å²) >= 11 is 3.26. The van der Waals surface area contributed by atoms with Crippen molar-refractivity contribution in [2.75, 3.05) is 24.5 Å². The molecule has 2 heterocycles. The molecule has 1 atom stereocenters. The fourth-order valence-electron chi connectivity index (χ4n) is 2.06. The van der Waals surface area contributed by atoms with Gasteiger partial charge in [0.2, 0.25) is 5.13 Å². The lowest BCUT2D eigenvalue weighted by molar-refractivity contribution is -0.130. The van der Waals surface area contributed by atoms with Crippen molar-refractivity contribution in [2.24, 2.45) is 0 Å². The largest absolute Gasteiger partial charge is 0.355 e. The van der Waals surface area contributed by atoms with Crippen LogP contribution >= 0.6 is 23.1 Å². The number of aryl methyl sites for hydroxylation is 1. The summed E-state index contributed by atoms with van der Waals surface area (Å²) < 4.78 is 11.7. The summed E-state index contributed by atoms with van der Waals surface area (Å²) in [4.78, 5) is 0. The van der Waals surface area contributed by atoms with E-state index in [9.17, 15) is 0 Å². The Morgan fingerprint density at radius 1 is 1.32 bits per heavy atom. The van der Waals surface area contributed by atoms with Crippen molar-refractivity contribution in [1.29, 1.82) is 0 Å². The molecule has 1 aliphatic heterocycles. The molecule has 0 amide bonds. The van der Waals surface area contributed by atoms with Crippen molar-refractivity contribution >= 4 is 33.9 Å². The van der Waals surface area contributed by atoms with Gasteiger partial charge in [-0.2, -0.15) is 0 Å². The quantitative estimate of drug-likeness (QED) is 0.811. The molecule has 1 aromatic heterocycles. The summed E-state index contributed by atoms with van der Waals surface area (Å²) in [6.45, 7) is 3.34. The van der Waals surface area contributed by atoms with Crippen LogP contribution in [0.4, 0.5) is 10.8 Å². The second-order valence-electron chi connectivity index (χ2n) is 4.96. The standard InChI is InChI=1S/C15H19N3O2S2/c1-2-11-3-5-12(6-4-11)16-14-17-18-15(22-14)21-9-13-7-8-19-10-20-13/h3-6,13H,2,7-10H2,1H3,(H,16,17)/t13-/m1/s1. The number of nitrogens with zero attached hydrogens (tertiary/aromatic N) is 2. The molecule has 0 aliphatic carbocycles. The van der Waals surface area contributed by atoms with E-state index in [0.717, 1.165) is 40.4 Å². The Hall–Kier alpha value is -1.15. The van der Waals surface area contributed by atoms with Gasteiger partial charge in [-0.3, -0.25) is 0 Å². The van der Waals surface area contributed by atoms with Crippen molar-refractivity contribution in [3.63, 3.8) is 0 Å². The van der Waals surface area contributed by atoms with Crippen LogP contribution in [0.5, 0.6) is 0 Å². The molecule has 0 saturated carbocycles. The summed E-state index contributed by atoms with van der Waals surface area (Å²) in [6.07, 6.45) is 2.25. The summed E-state index contributed by atoms with van der Waals surface area (Å²) in [5.41, 5.74) is 2.37. The number of rotatable bonds is 6. The highest BCUT2D eigenvalue weighted by Gasteiger charge is 2.15. The second kappa shape index (κ2) is 7.92. The average molecular weight is 337 g/mol. The fraction of sp³-hybridized carbons (Fsp3) is 0.467. The van der Waals surface area contributed by atoms with E-state index in [0.29, 0.717) is 6.79 Å². The molecular formula is C15H19N3O2S2. The van der Waals surface area contributed by atoms with Crippen LogP contribution in [0.25, 0.3) is 0 Å². The molecule has 0 bridgehead atoms. The summed E-state index contributed by atoms with van der Waals surface area (Å²) in [5.74, 6) is 0.892. The number of thioether (sulfide) groups is 1. The number of benzene rings is 1. The first-order valence-corrected chi connectivity index (χ1v) is 9.15. The Kier molecular flexibility index (Phi) is 5.66. The van der Waals surface area contributed by atoms with Crippen molar-refractivity contribution in [3.05, 3.63) is 29.8 Å². The topological polar surface area (TPSA) is 56.3 Å². The summed E-state index contributed by atoms with van der Waals surface area (Å²) in [7, 11) is 0. The molecule has 1 N–H and O–H groups in total. The van der Waals surface area contributed by atoms with Gasteiger partial charge in [0.1, 0.15) is 6.79 Å². The Labute approximate surface area is 138 Å². The predicted octanol–water partition coefficient (Wildman–Crippen LogP) is 3.70. The lowest BCUT2D eigenvalue weighted by Crippen LogP contribution is -2.25. The van der Waals surface area contributed by atoms with Gasteiger partial charge in [0.15, 0.2) is 4.34 Å². The number of ether oxygens (including phenoxy) is 2. The van der Waals surface area contributed by atoms with E-state index >= 15 is 0 Å². The zero-order valence-corrected chi connectivity index (χ0v) is 14.1. The van der Waals surface area contributed by atoms with Gasteiger partial charge in [-0.15, -0.1) is 10.2 Å². The number of hydrogen-bond donors (Lipinski definition) is 1. The van der Waals surface area contributed by atoms with Gasteiger partial charge in [0.25, 0.3) is 0 Å². The summed E-state index contributed by atoms with van der Waals surface area (Å²) in [5, 5.41) is 12.5. The minimum atomic E-state index is 0.251. The van der Waals surface area contributed by atoms with Crippen LogP contribution in [0.3, 0.4) is 0 Å². The van der Waals surface area contributed by atoms with Crippen LogP contribution in [-0.2, 0) is 15.9 Å². The van der Waals surface area contributed by atoms with E-state index in [1.807, 2.05) is 0 Å². The van der Waals surface area contributed by atoms with E-state index in [1.54, 1.807) is 23.1 Å². The van der Waals surface area contributed by atoms with Crippen molar-refractivity contribution in [3.8, 4) is 0 Å². The van der Waals surface area contributed by atoms with E-state index in [2.05, 4.69) is 46.7 Å². The zero-order chi connectivity index (χ0) is 15.2. The molecule has 118 valence electrons.